The largest absolute Gasteiger partial charge is 0.416 e. The molecule has 3 aromatic carbocycles. The molecule has 224 valence electrons. The van der Waals surface area contributed by atoms with E-state index in [0.717, 1.165) is 43.4 Å². The Bertz CT molecular complexity index is 1460. The van der Waals surface area contributed by atoms with E-state index >= 15 is 0 Å². The van der Waals surface area contributed by atoms with Crippen molar-refractivity contribution in [3.63, 3.8) is 0 Å². The lowest BCUT2D eigenvalue weighted by Gasteiger charge is -2.32. The Morgan fingerprint density at radius 2 is 1.55 bits per heavy atom. The number of carbonyl (C=O) groups is 2. The molecule has 0 saturated heterocycles. The van der Waals surface area contributed by atoms with E-state index < -0.39 is 40.3 Å². The minimum absolute atomic E-state index is 0.00564. The summed E-state index contributed by atoms with van der Waals surface area (Å²) in [6, 6.07) is 19.4. The average Bonchev–Trinajstić information content (AvgIpc) is 3.49. The van der Waals surface area contributed by atoms with Gasteiger partial charge in [-0.05, 0) is 62.1 Å². The second kappa shape index (κ2) is 13.4. The van der Waals surface area contributed by atoms with Crippen molar-refractivity contribution in [3.05, 3.63) is 96.1 Å². The van der Waals surface area contributed by atoms with Crippen LogP contribution in [0.25, 0.3) is 0 Å². The zero-order valence-electron chi connectivity index (χ0n) is 23.3. The highest BCUT2D eigenvalue weighted by atomic mass is 32.2. The standard InChI is InChI=1S/C31H34F3N3O4S/c1-23(30(39)35-26-14-8-9-15-26)36(20-19-24-11-4-2-5-12-24)29(38)22-37(42(40,41)28-17-6-3-7-18-28)27-16-10-13-25(21-27)31(32,33)34/h2-7,10-13,16-18,21,23,26H,8-9,14-15,19-20,22H2,1H3,(H,35,39)/t23-/m1/s1. The van der Waals surface area contributed by atoms with Crippen molar-refractivity contribution in [2.24, 2.45) is 0 Å². The molecule has 7 nitrogen and oxygen atoms in total. The third-order valence-electron chi connectivity index (χ3n) is 7.42. The van der Waals surface area contributed by atoms with Gasteiger partial charge in [0.1, 0.15) is 12.6 Å². The first-order chi connectivity index (χ1) is 20.0. The number of halogens is 3. The summed E-state index contributed by atoms with van der Waals surface area (Å²) >= 11 is 0. The summed E-state index contributed by atoms with van der Waals surface area (Å²) < 4.78 is 68.9. The predicted molar refractivity (Wildman–Crippen MR) is 154 cm³/mol. The molecule has 42 heavy (non-hydrogen) atoms. The first-order valence-corrected chi connectivity index (χ1v) is 15.3. The summed E-state index contributed by atoms with van der Waals surface area (Å²) in [4.78, 5) is 28.3. The minimum Gasteiger partial charge on any atom is -0.352 e. The van der Waals surface area contributed by atoms with Crippen LogP contribution in [0, 0.1) is 0 Å². The van der Waals surface area contributed by atoms with Crippen LogP contribution in [-0.4, -0.2) is 50.3 Å². The van der Waals surface area contributed by atoms with Crippen molar-refractivity contribution in [2.45, 2.75) is 62.2 Å². The van der Waals surface area contributed by atoms with Crippen molar-refractivity contribution in [1.82, 2.24) is 10.2 Å². The number of nitrogens with one attached hydrogen (secondary N) is 1. The van der Waals surface area contributed by atoms with Gasteiger partial charge in [-0.2, -0.15) is 13.2 Å². The molecule has 1 fully saturated rings. The van der Waals surface area contributed by atoms with E-state index in [1.54, 1.807) is 13.0 Å². The van der Waals surface area contributed by atoms with Gasteiger partial charge in [-0.1, -0.05) is 67.4 Å². The maximum atomic E-state index is 13.9. The Labute approximate surface area is 244 Å². The second-order valence-corrected chi connectivity index (χ2v) is 12.2. The highest BCUT2D eigenvalue weighted by Crippen LogP contribution is 2.33. The van der Waals surface area contributed by atoms with E-state index in [-0.39, 0.29) is 29.1 Å². The van der Waals surface area contributed by atoms with Gasteiger partial charge < -0.3 is 10.2 Å². The third-order valence-corrected chi connectivity index (χ3v) is 9.21. The molecule has 1 saturated carbocycles. The highest BCUT2D eigenvalue weighted by Gasteiger charge is 2.35. The van der Waals surface area contributed by atoms with E-state index in [1.165, 1.54) is 35.2 Å². The number of hydrogen-bond acceptors (Lipinski definition) is 4. The topological polar surface area (TPSA) is 86.8 Å². The van der Waals surface area contributed by atoms with Crippen molar-refractivity contribution in [1.29, 1.82) is 0 Å². The SMILES string of the molecule is C[C@H](C(=O)NC1CCCC1)N(CCc1ccccc1)C(=O)CN(c1cccc(C(F)(F)F)c1)S(=O)(=O)c1ccccc1. The van der Waals surface area contributed by atoms with E-state index in [4.69, 9.17) is 0 Å². The number of alkyl halides is 3. The Morgan fingerprint density at radius 3 is 2.17 bits per heavy atom. The molecule has 1 aliphatic carbocycles. The van der Waals surface area contributed by atoms with Crippen LogP contribution >= 0.6 is 0 Å². The quantitative estimate of drug-likeness (QED) is 0.318. The third kappa shape index (κ3) is 7.70. The maximum absolute atomic E-state index is 13.9. The highest BCUT2D eigenvalue weighted by molar-refractivity contribution is 7.92. The molecule has 0 aromatic heterocycles. The van der Waals surface area contributed by atoms with Crippen LogP contribution in [0.2, 0.25) is 0 Å². The van der Waals surface area contributed by atoms with E-state index in [2.05, 4.69) is 5.32 Å². The summed E-state index contributed by atoms with van der Waals surface area (Å²) in [5.41, 5.74) is -0.454. The Morgan fingerprint density at radius 1 is 0.929 bits per heavy atom. The summed E-state index contributed by atoms with van der Waals surface area (Å²) in [5.74, 6) is -1.07. The normalized spacial score (nSPS) is 14.8. The molecule has 1 atom stereocenters. The lowest BCUT2D eigenvalue weighted by Crippen LogP contribution is -2.53. The fourth-order valence-corrected chi connectivity index (χ4v) is 6.47. The summed E-state index contributed by atoms with van der Waals surface area (Å²) in [6.45, 7) is 0.881. The summed E-state index contributed by atoms with van der Waals surface area (Å²) in [6.07, 6.45) is -0.651. The molecule has 0 aliphatic heterocycles. The van der Waals surface area contributed by atoms with Crippen molar-refractivity contribution < 1.29 is 31.2 Å². The molecule has 0 unspecified atom stereocenters. The number of benzene rings is 3. The van der Waals surface area contributed by atoms with Crippen molar-refractivity contribution in [2.75, 3.05) is 17.4 Å². The van der Waals surface area contributed by atoms with Crippen molar-refractivity contribution in [3.8, 4) is 0 Å². The van der Waals surface area contributed by atoms with Gasteiger partial charge in [0.15, 0.2) is 0 Å². The van der Waals surface area contributed by atoms with Crippen LogP contribution in [0.3, 0.4) is 0 Å². The molecule has 4 rings (SSSR count). The van der Waals surface area contributed by atoms with Crippen LogP contribution < -0.4 is 9.62 Å². The number of anilines is 1. The van der Waals surface area contributed by atoms with Gasteiger partial charge in [-0.25, -0.2) is 8.42 Å². The molecule has 0 bridgehead atoms. The fraction of sp³-hybridized carbons (Fsp3) is 0.355. The monoisotopic (exact) mass is 601 g/mol. The smallest absolute Gasteiger partial charge is 0.352 e. The van der Waals surface area contributed by atoms with Gasteiger partial charge in [0.25, 0.3) is 10.0 Å². The number of rotatable bonds is 11. The minimum atomic E-state index is -4.73. The van der Waals surface area contributed by atoms with E-state index in [0.29, 0.717) is 16.8 Å². The summed E-state index contributed by atoms with van der Waals surface area (Å²) in [5, 5.41) is 2.99. The molecule has 11 heteroatoms. The lowest BCUT2D eigenvalue weighted by molar-refractivity contribution is -0.139. The lowest BCUT2D eigenvalue weighted by atomic mass is 10.1. The zero-order valence-corrected chi connectivity index (χ0v) is 24.1. The molecule has 1 N–H and O–H groups in total. The van der Waals surface area contributed by atoms with Gasteiger partial charge in [0, 0.05) is 12.6 Å². The van der Waals surface area contributed by atoms with Crippen LogP contribution in [0.15, 0.2) is 89.8 Å². The number of hydrogen-bond donors (Lipinski definition) is 1. The van der Waals surface area contributed by atoms with Gasteiger partial charge in [0.05, 0.1) is 16.1 Å². The zero-order chi connectivity index (χ0) is 30.3. The van der Waals surface area contributed by atoms with Crippen LogP contribution in [0.5, 0.6) is 0 Å². The molecule has 0 heterocycles. The first kappa shape index (κ1) is 31.1. The Kier molecular flexibility index (Phi) is 9.93. The van der Waals surface area contributed by atoms with Crippen LogP contribution in [0.4, 0.5) is 18.9 Å². The average molecular weight is 602 g/mol. The molecular formula is C31H34F3N3O4S. The summed E-state index contributed by atoms with van der Waals surface area (Å²) in [7, 11) is -4.46. The number of amides is 2. The molecule has 2 amide bonds. The van der Waals surface area contributed by atoms with Crippen LogP contribution in [0.1, 0.15) is 43.7 Å². The second-order valence-electron chi connectivity index (χ2n) is 10.4. The molecular weight excluding hydrogens is 567 g/mol. The maximum Gasteiger partial charge on any atom is 0.416 e. The van der Waals surface area contributed by atoms with Crippen molar-refractivity contribution >= 4 is 27.5 Å². The predicted octanol–water partition coefficient (Wildman–Crippen LogP) is 5.42. The van der Waals surface area contributed by atoms with Gasteiger partial charge >= 0.3 is 6.18 Å². The van der Waals surface area contributed by atoms with Crippen LogP contribution in [-0.2, 0) is 32.2 Å². The molecule has 1 aliphatic rings. The van der Waals surface area contributed by atoms with Gasteiger partial charge in [-0.15, -0.1) is 0 Å². The number of nitrogens with zero attached hydrogens (tertiary/aromatic N) is 2. The van der Waals surface area contributed by atoms with E-state index in [9.17, 15) is 31.2 Å². The Balaban J connectivity index is 1.68. The Hall–Kier alpha value is -3.86. The number of carbonyl (C=O) groups excluding carboxylic acids is 2. The molecule has 0 spiro atoms. The fourth-order valence-electron chi connectivity index (χ4n) is 5.05. The van der Waals surface area contributed by atoms with Gasteiger partial charge in [0.2, 0.25) is 11.8 Å². The number of sulfonamides is 1. The van der Waals surface area contributed by atoms with E-state index in [1.807, 2.05) is 30.3 Å². The molecule has 0 radical (unpaired) electrons. The first-order valence-electron chi connectivity index (χ1n) is 13.9. The molecule has 3 aromatic rings. The van der Waals surface area contributed by atoms with Gasteiger partial charge in [-0.3, -0.25) is 13.9 Å².